The molecule has 0 bridgehead atoms. The Hall–Kier alpha value is -1.36. The fraction of sp³-hybridized carbons (Fsp3) is 0.636. The highest BCUT2D eigenvalue weighted by atomic mass is 16.4. The Morgan fingerprint density at radius 1 is 1.62 bits per heavy atom. The predicted molar refractivity (Wildman–Crippen MR) is 57.1 cm³/mol. The molecule has 3 N–H and O–H groups in total. The van der Waals surface area contributed by atoms with Gasteiger partial charge in [-0.1, -0.05) is 0 Å². The monoisotopic (exact) mass is 221 g/mol. The molecular formula is C11H15N3O2. The zero-order valence-corrected chi connectivity index (χ0v) is 9.02. The molecule has 0 aromatic carbocycles. The molecule has 1 fully saturated rings. The maximum absolute atomic E-state index is 11.1. The van der Waals surface area contributed by atoms with Crippen LogP contribution in [0.5, 0.6) is 0 Å². The lowest BCUT2D eigenvalue weighted by atomic mass is 9.89. The molecule has 2 aliphatic rings. The van der Waals surface area contributed by atoms with Crippen molar-refractivity contribution in [3.63, 3.8) is 0 Å². The van der Waals surface area contributed by atoms with Crippen molar-refractivity contribution in [1.82, 2.24) is 9.55 Å². The van der Waals surface area contributed by atoms with E-state index < -0.39 is 11.5 Å². The van der Waals surface area contributed by atoms with Gasteiger partial charge in [-0.3, -0.25) is 4.79 Å². The summed E-state index contributed by atoms with van der Waals surface area (Å²) in [5, 5.41) is 9.09. The molecule has 1 unspecified atom stereocenters. The van der Waals surface area contributed by atoms with Crippen LogP contribution in [-0.2, 0) is 17.8 Å². The van der Waals surface area contributed by atoms with E-state index in [1.54, 1.807) is 0 Å². The van der Waals surface area contributed by atoms with E-state index in [0.29, 0.717) is 25.3 Å². The fourth-order valence-corrected chi connectivity index (χ4v) is 2.26. The van der Waals surface area contributed by atoms with E-state index in [2.05, 4.69) is 15.7 Å². The number of hydrogen-bond acceptors (Lipinski definition) is 3. The maximum atomic E-state index is 11.1. The standard InChI is InChI=1S/C11H15N3O2/c12-11(10(15)16)3-4-14-6-8(7-1-2-7)13-9(14)5-11/h6-7H,1-5,12H2,(H,15,16). The summed E-state index contributed by atoms with van der Waals surface area (Å²) in [6.07, 6.45) is 5.31. The molecule has 1 aromatic rings. The van der Waals surface area contributed by atoms with Crippen LogP contribution in [0.1, 0.15) is 36.7 Å². The molecule has 0 amide bonds. The van der Waals surface area contributed by atoms with Gasteiger partial charge in [0.25, 0.3) is 0 Å². The predicted octanol–water partition coefficient (Wildman–Crippen LogP) is 0.489. The minimum absolute atomic E-state index is 0.342. The molecular weight excluding hydrogens is 206 g/mol. The molecule has 1 saturated carbocycles. The highest BCUT2D eigenvalue weighted by molar-refractivity contribution is 5.79. The van der Waals surface area contributed by atoms with Crippen molar-refractivity contribution < 1.29 is 9.90 Å². The van der Waals surface area contributed by atoms with Gasteiger partial charge in [0.05, 0.1) is 5.69 Å². The number of carboxylic acids is 1. The lowest BCUT2D eigenvalue weighted by Gasteiger charge is -2.29. The van der Waals surface area contributed by atoms with Crippen LogP contribution < -0.4 is 5.73 Å². The van der Waals surface area contributed by atoms with Crippen LogP contribution in [0.2, 0.25) is 0 Å². The number of nitrogens with zero attached hydrogens (tertiary/aromatic N) is 2. The summed E-state index contributed by atoms with van der Waals surface area (Å²) in [6.45, 7) is 0.665. The Morgan fingerprint density at radius 2 is 2.38 bits per heavy atom. The summed E-state index contributed by atoms with van der Waals surface area (Å²) in [4.78, 5) is 15.6. The van der Waals surface area contributed by atoms with E-state index in [9.17, 15) is 4.79 Å². The third-order valence-electron chi connectivity index (χ3n) is 3.57. The number of carboxylic acid groups (broad SMARTS) is 1. The third kappa shape index (κ3) is 1.43. The number of imidazole rings is 1. The van der Waals surface area contributed by atoms with E-state index in [1.165, 1.54) is 12.8 Å². The molecule has 86 valence electrons. The number of hydrogen-bond donors (Lipinski definition) is 2. The van der Waals surface area contributed by atoms with Gasteiger partial charge in [-0.15, -0.1) is 0 Å². The van der Waals surface area contributed by atoms with E-state index >= 15 is 0 Å². The first-order valence-corrected chi connectivity index (χ1v) is 5.67. The average Bonchev–Trinajstić information content (AvgIpc) is 2.99. The van der Waals surface area contributed by atoms with Crippen molar-refractivity contribution >= 4 is 5.97 Å². The molecule has 5 nitrogen and oxygen atoms in total. The minimum atomic E-state index is -1.12. The topological polar surface area (TPSA) is 81.1 Å². The van der Waals surface area contributed by atoms with E-state index in [1.807, 2.05) is 0 Å². The molecule has 3 rings (SSSR count). The third-order valence-corrected chi connectivity index (χ3v) is 3.57. The largest absolute Gasteiger partial charge is 0.480 e. The maximum Gasteiger partial charge on any atom is 0.324 e. The minimum Gasteiger partial charge on any atom is -0.480 e. The van der Waals surface area contributed by atoms with Gasteiger partial charge in [0, 0.05) is 25.1 Å². The summed E-state index contributed by atoms with van der Waals surface area (Å²) in [7, 11) is 0. The van der Waals surface area contributed by atoms with E-state index in [-0.39, 0.29) is 0 Å². The molecule has 1 aliphatic heterocycles. The zero-order chi connectivity index (χ0) is 11.3. The number of nitrogens with two attached hydrogens (primary N) is 1. The highest BCUT2D eigenvalue weighted by Gasteiger charge is 2.39. The SMILES string of the molecule is NC1(C(=O)O)CCn2cc(C3CC3)nc2C1. The Morgan fingerprint density at radius 3 is 3.00 bits per heavy atom. The van der Waals surface area contributed by atoms with Crippen LogP contribution in [0.3, 0.4) is 0 Å². The van der Waals surface area contributed by atoms with Gasteiger partial charge in [-0.25, -0.2) is 4.98 Å². The first-order valence-electron chi connectivity index (χ1n) is 5.67. The lowest BCUT2D eigenvalue weighted by molar-refractivity contribution is -0.144. The molecule has 5 heteroatoms. The van der Waals surface area contributed by atoms with Crippen molar-refractivity contribution in [3.8, 4) is 0 Å². The van der Waals surface area contributed by atoms with E-state index in [0.717, 1.165) is 11.5 Å². The summed E-state index contributed by atoms with van der Waals surface area (Å²) in [5.74, 6) is 0.517. The second kappa shape index (κ2) is 3.07. The Balaban J connectivity index is 1.90. The van der Waals surface area contributed by atoms with Gasteiger partial charge < -0.3 is 15.4 Å². The van der Waals surface area contributed by atoms with Crippen molar-refractivity contribution in [2.24, 2.45) is 5.73 Å². The second-order valence-corrected chi connectivity index (χ2v) is 4.94. The van der Waals surface area contributed by atoms with Gasteiger partial charge in [0.1, 0.15) is 11.4 Å². The summed E-state index contributed by atoms with van der Waals surface area (Å²) in [5.41, 5.74) is 5.86. The molecule has 1 aliphatic carbocycles. The van der Waals surface area contributed by atoms with Crippen molar-refractivity contribution in [1.29, 1.82) is 0 Å². The average molecular weight is 221 g/mol. The Bertz CT molecular complexity index is 450. The van der Waals surface area contributed by atoms with Gasteiger partial charge in [-0.05, 0) is 19.3 Å². The highest BCUT2D eigenvalue weighted by Crippen LogP contribution is 2.40. The molecule has 0 spiro atoms. The van der Waals surface area contributed by atoms with Crippen LogP contribution in [0.4, 0.5) is 0 Å². The number of aryl methyl sites for hydroxylation is 1. The molecule has 1 aromatic heterocycles. The molecule has 0 saturated heterocycles. The summed E-state index contributed by atoms with van der Waals surface area (Å²) in [6, 6.07) is 0. The number of fused-ring (bicyclic) bond motifs is 1. The molecule has 16 heavy (non-hydrogen) atoms. The first kappa shape index (κ1) is 9.84. The van der Waals surface area contributed by atoms with Crippen molar-refractivity contribution in [2.45, 2.75) is 43.7 Å². The summed E-state index contributed by atoms with van der Waals surface area (Å²) < 4.78 is 2.06. The molecule has 1 atom stereocenters. The number of carbonyl (C=O) groups is 1. The quantitative estimate of drug-likeness (QED) is 0.761. The molecule has 2 heterocycles. The van der Waals surface area contributed by atoms with E-state index in [4.69, 9.17) is 10.8 Å². The Labute approximate surface area is 93.3 Å². The van der Waals surface area contributed by atoms with Crippen LogP contribution in [-0.4, -0.2) is 26.2 Å². The van der Waals surface area contributed by atoms with Crippen LogP contribution in [0.15, 0.2) is 6.20 Å². The second-order valence-electron chi connectivity index (χ2n) is 4.94. The van der Waals surface area contributed by atoms with Gasteiger partial charge in [0.2, 0.25) is 0 Å². The Kier molecular flexibility index (Phi) is 1.89. The zero-order valence-electron chi connectivity index (χ0n) is 9.02. The lowest BCUT2D eigenvalue weighted by Crippen LogP contribution is -2.53. The van der Waals surface area contributed by atoms with Gasteiger partial charge in [0.15, 0.2) is 0 Å². The summed E-state index contributed by atoms with van der Waals surface area (Å²) >= 11 is 0. The van der Waals surface area contributed by atoms with Gasteiger partial charge >= 0.3 is 5.97 Å². The van der Waals surface area contributed by atoms with Gasteiger partial charge in [-0.2, -0.15) is 0 Å². The van der Waals surface area contributed by atoms with Crippen LogP contribution in [0, 0.1) is 0 Å². The van der Waals surface area contributed by atoms with Crippen LogP contribution >= 0.6 is 0 Å². The number of aromatic nitrogens is 2. The normalized spacial score (nSPS) is 28.8. The first-order chi connectivity index (χ1) is 7.58. The van der Waals surface area contributed by atoms with Crippen LogP contribution in [0.25, 0.3) is 0 Å². The number of aliphatic carboxylic acids is 1. The molecule has 0 radical (unpaired) electrons. The smallest absolute Gasteiger partial charge is 0.324 e. The van der Waals surface area contributed by atoms with Crippen molar-refractivity contribution in [3.05, 3.63) is 17.7 Å². The van der Waals surface area contributed by atoms with Crippen molar-refractivity contribution in [2.75, 3.05) is 0 Å². The number of rotatable bonds is 2. The fourth-order valence-electron chi connectivity index (χ4n) is 2.26.